The molecule has 0 N–H and O–H groups in total. The van der Waals surface area contributed by atoms with Crippen LogP contribution < -0.4 is 4.74 Å². The SMILES string of the molecule is COc1ccc(C(=C=[N-])C=O)cc1. The Morgan fingerprint density at radius 3 is 2.46 bits per heavy atom. The van der Waals surface area contributed by atoms with E-state index >= 15 is 0 Å². The normalized spacial score (nSPS) is 8.69. The zero-order valence-electron chi connectivity index (χ0n) is 7.15. The van der Waals surface area contributed by atoms with Crippen molar-refractivity contribution in [2.24, 2.45) is 0 Å². The van der Waals surface area contributed by atoms with Crippen LogP contribution in [0.5, 0.6) is 5.75 Å². The third kappa shape index (κ3) is 2.04. The highest BCUT2D eigenvalue weighted by Crippen LogP contribution is 2.15. The molecule has 0 unspecified atom stereocenters. The molecule has 0 saturated carbocycles. The van der Waals surface area contributed by atoms with Gasteiger partial charge in [0, 0.05) is 5.57 Å². The summed E-state index contributed by atoms with van der Waals surface area (Å²) in [4.78, 5) is 10.4. The first-order valence-corrected chi connectivity index (χ1v) is 3.68. The van der Waals surface area contributed by atoms with E-state index in [1.54, 1.807) is 31.4 Å². The molecule has 1 rings (SSSR count). The van der Waals surface area contributed by atoms with E-state index in [-0.39, 0.29) is 5.57 Å². The molecular weight excluding hydrogens is 166 g/mol. The molecule has 1 aromatic rings. The van der Waals surface area contributed by atoms with Gasteiger partial charge in [-0.25, -0.2) is 0 Å². The Balaban J connectivity index is 3.04. The zero-order chi connectivity index (χ0) is 9.68. The van der Waals surface area contributed by atoms with Gasteiger partial charge in [0.05, 0.1) is 7.11 Å². The maximum absolute atomic E-state index is 10.4. The molecule has 0 radical (unpaired) electrons. The first-order valence-electron chi connectivity index (χ1n) is 3.68. The second-order valence-corrected chi connectivity index (χ2v) is 2.37. The number of hydrogen-bond donors (Lipinski definition) is 0. The van der Waals surface area contributed by atoms with Gasteiger partial charge < -0.3 is 10.1 Å². The van der Waals surface area contributed by atoms with Crippen LogP contribution in [0.3, 0.4) is 0 Å². The molecule has 0 aliphatic heterocycles. The minimum atomic E-state index is 0.127. The summed E-state index contributed by atoms with van der Waals surface area (Å²) >= 11 is 0. The first-order chi connectivity index (χ1) is 6.31. The second kappa shape index (κ2) is 4.24. The number of nitrogens with zero attached hydrogens (tertiary/aromatic N) is 1. The number of ether oxygens (including phenoxy) is 1. The molecule has 0 fully saturated rings. The number of rotatable bonds is 3. The van der Waals surface area contributed by atoms with Crippen molar-refractivity contribution in [3.63, 3.8) is 0 Å². The van der Waals surface area contributed by atoms with Crippen LogP contribution in [0.4, 0.5) is 0 Å². The van der Waals surface area contributed by atoms with Crippen molar-refractivity contribution in [1.82, 2.24) is 0 Å². The quantitative estimate of drug-likeness (QED) is 0.396. The van der Waals surface area contributed by atoms with Crippen molar-refractivity contribution >= 4 is 17.7 Å². The summed E-state index contributed by atoms with van der Waals surface area (Å²) in [5.41, 5.74) is 0.737. The van der Waals surface area contributed by atoms with Gasteiger partial charge in [-0.1, -0.05) is 12.1 Å². The summed E-state index contributed by atoms with van der Waals surface area (Å²) in [6.45, 7) is 0. The third-order valence-corrected chi connectivity index (χ3v) is 1.64. The van der Waals surface area contributed by atoms with Crippen LogP contribution in [0, 0.1) is 0 Å². The Labute approximate surface area is 76.2 Å². The topological polar surface area (TPSA) is 48.6 Å². The maximum Gasteiger partial charge on any atom is 0.156 e. The van der Waals surface area contributed by atoms with E-state index in [1.165, 1.54) is 0 Å². The number of methoxy groups -OCH3 is 1. The molecule has 0 aromatic heterocycles. The highest BCUT2D eigenvalue weighted by molar-refractivity contribution is 6.19. The van der Waals surface area contributed by atoms with Crippen LogP contribution >= 0.6 is 0 Å². The van der Waals surface area contributed by atoms with Crippen molar-refractivity contribution < 1.29 is 9.53 Å². The van der Waals surface area contributed by atoms with Crippen molar-refractivity contribution in [3.05, 3.63) is 35.2 Å². The fourth-order valence-electron chi connectivity index (χ4n) is 0.930. The minimum Gasteiger partial charge on any atom is -0.763 e. The molecule has 0 bridgehead atoms. The molecule has 0 heterocycles. The Kier molecular flexibility index (Phi) is 3.01. The summed E-state index contributed by atoms with van der Waals surface area (Å²) < 4.78 is 4.94. The van der Waals surface area contributed by atoms with Gasteiger partial charge in [0.15, 0.2) is 6.29 Å². The zero-order valence-corrected chi connectivity index (χ0v) is 7.15. The van der Waals surface area contributed by atoms with E-state index in [9.17, 15) is 4.79 Å². The molecular formula is C10H8NO2-. The predicted octanol–water partition coefficient (Wildman–Crippen LogP) is 1.52. The van der Waals surface area contributed by atoms with Crippen LogP contribution in [0.25, 0.3) is 11.0 Å². The summed E-state index contributed by atoms with van der Waals surface area (Å²) in [5.74, 6) is 2.51. The number of carbonyl (C=O) groups is 1. The van der Waals surface area contributed by atoms with Crippen LogP contribution in [0.2, 0.25) is 0 Å². The summed E-state index contributed by atoms with van der Waals surface area (Å²) in [5, 5.41) is 8.56. The smallest absolute Gasteiger partial charge is 0.156 e. The standard InChI is InChI=1S/C10H8NO2/c1-13-10-4-2-8(3-5-10)9(6-11)7-12/h2-5,7H,1H3/q-1. The fraction of sp³-hybridized carbons (Fsp3) is 0.100. The molecule has 0 spiro atoms. The molecule has 0 atom stereocenters. The van der Waals surface area contributed by atoms with Gasteiger partial charge >= 0.3 is 0 Å². The molecule has 0 saturated heterocycles. The van der Waals surface area contributed by atoms with Crippen molar-refractivity contribution in [2.75, 3.05) is 7.11 Å². The second-order valence-electron chi connectivity index (χ2n) is 2.37. The molecule has 66 valence electrons. The number of aldehydes is 1. The molecule has 13 heavy (non-hydrogen) atoms. The van der Waals surface area contributed by atoms with E-state index < -0.39 is 0 Å². The van der Waals surface area contributed by atoms with E-state index in [4.69, 9.17) is 10.1 Å². The maximum atomic E-state index is 10.4. The lowest BCUT2D eigenvalue weighted by molar-refractivity contribution is -0.103. The summed E-state index contributed by atoms with van der Waals surface area (Å²) in [7, 11) is 1.56. The van der Waals surface area contributed by atoms with E-state index in [1.807, 2.05) is 5.87 Å². The van der Waals surface area contributed by atoms with E-state index in [0.29, 0.717) is 17.6 Å². The molecule has 0 aliphatic carbocycles. The van der Waals surface area contributed by atoms with Gasteiger partial charge in [0.2, 0.25) is 0 Å². The van der Waals surface area contributed by atoms with E-state index in [0.717, 1.165) is 0 Å². The lowest BCUT2D eigenvalue weighted by Crippen LogP contribution is -1.87. The monoisotopic (exact) mass is 174 g/mol. The number of carbonyl (C=O) groups excluding carboxylic acids is 1. The fourth-order valence-corrected chi connectivity index (χ4v) is 0.930. The summed E-state index contributed by atoms with van der Waals surface area (Å²) in [6.07, 6.45) is 0.543. The molecule has 1 aromatic carbocycles. The number of benzene rings is 1. The van der Waals surface area contributed by atoms with Crippen molar-refractivity contribution in [3.8, 4) is 5.75 Å². The van der Waals surface area contributed by atoms with Crippen LogP contribution in [-0.2, 0) is 4.79 Å². The Morgan fingerprint density at radius 2 is 2.08 bits per heavy atom. The minimum absolute atomic E-state index is 0.127. The molecule has 3 nitrogen and oxygen atoms in total. The molecule has 0 aliphatic rings. The average Bonchev–Trinajstić information content (AvgIpc) is 2.21. The highest BCUT2D eigenvalue weighted by atomic mass is 16.5. The Bertz CT molecular complexity index is 348. The largest absolute Gasteiger partial charge is 0.763 e. The van der Waals surface area contributed by atoms with Crippen molar-refractivity contribution in [2.45, 2.75) is 0 Å². The van der Waals surface area contributed by atoms with Gasteiger partial charge in [0.1, 0.15) is 5.75 Å². The average molecular weight is 174 g/mol. The highest BCUT2D eigenvalue weighted by Gasteiger charge is 1.97. The van der Waals surface area contributed by atoms with Gasteiger partial charge in [-0.3, -0.25) is 10.7 Å². The lowest BCUT2D eigenvalue weighted by Gasteiger charge is -2.01. The molecule has 0 amide bonds. The Morgan fingerprint density at radius 1 is 1.46 bits per heavy atom. The van der Waals surface area contributed by atoms with Gasteiger partial charge in [-0.15, -0.1) is 0 Å². The van der Waals surface area contributed by atoms with Crippen molar-refractivity contribution in [1.29, 1.82) is 0 Å². The van der Waals surface area contributed by atoms with E-state index in [2.05, 4.69) is 0 Å². The summed E-state index contributed by atoms with van der Waals surface area (Å²) in [6, 6.07) is 6.75. The number of allylic oxidation sites excluding steroid dienone is 1. The predicted molar refractivity (Wildman–Crippen MR) is 50.8 cm³/mol. The van der Waals surface area contributed by atoms with Gasteiger partial charge in [0.25, 0.3) is 0 Å². The van der Waals surface area contributed by atoms with Gasteiger partial charge in [-0.05, 0) is 17.7 Å². The van der Waals surface area contributed by atoms with Crippen LogP contribution in [0.1, 0.15) is 5.56 Å². The first kappa shape index (κ1) is 9.23. The third-order valence-electron chi connectivity index (χ3n) is 1.64. The Hall–Kier alpha value is -1.86. The number of hydrogen-bond acceptors (Lipinski definition) is 2. The lowest BCUT2D eigenvalue weighted by atomic mass is 10.1. The molecule has 3 heteroatoms. The van der Waals surface area contributed by atoms with Gasteiger partial charge in [-0.2, -0.15) is 0 Å². The van der Waals surface area contributed by atoms with Crippen LogP contribution in [-0.4, -0.2) is 19.3 Å². The van der Waals surface area contributed by atoms with Crippen LogP contribution in [0.15, 0.2) is 24.3 Å².